The normalized spacial score (nSPS) is 29.1. The van der Waals surface area contributed by atoms with Crippen LogP contribution in [0.3, 0.4) is 0 Å². The predicted molar refractivity (Wildman–Crippen MR) is 167 cm³/mol. The Labute approximate surface area is 271 Å². The molecule has 0 unspecified atom stereocenters. The summed E-state index contributed by atoms with van der Waals surface area (Å²) < 4.78 is 67.6. The number of carbonyl (C=O) groups excluding carboxylic acids is 2. The zero-order valence-corrected chi connectivity index (χ0v) is 26.6. The maximum Gasteiger partial charge on any atom is 0.437 e. The third-order valence-corrected chi connectivity index (χ3v) is 11.0. The molecule has 0 aliphatic heterocycles. The molecule has 2 fully saturated rings. The molecule has 0 radical (unpaired) electrons. The highest BCUT2D eigenvalue weighted by atomic mass is 19.4. The van der Waals surface area contributed by atoms with E-state index in [1.165, 1.54) is 35.4 Å². The van der Waals surface area contributed by atoms with Gasteiger partial charge in [-0.05, 0) is 97.4 Å². The number of benzene rings is 2. The van der Waals surface area contributed by atoms with Gasteiger partial charge in [-0.15, -0.1) is 0 Å². The van der Waals surface area contributed by atoms with Crippen molar-refractivity contribution in [3.8, 4) is 0 Å². The first-order valence-corrected chi connectivity index (χ1v) is 15.9. The van der Waals surface area contributed by atoms with Crippen LogP contribution in [0.15, 0.2) is 76.5 Å². The van der Waals surface area contributed by atoms with E-state index in [1.807, 2.05) is 0 Å². The molecule has 1 N–H and O–H groups in total. The number of allylic oxidation sites excluding steroid dienone is 4. The summed E-state index contributed by atoms with van der Waals surface area (Å²) in [6.45, 7) is 2.72. The van der Waals surface area contributed by atoms with Gasteiger partial charge in [-0.1, -0.05) is 41.9 Å². The Morgan fingerprint density at radius 1 is 1.02 bits per heavy atom. The number of nitrogens with one attached hydrogen (secondary N) is 1. The van der Waals surface area contributed by atoms with Gasteiger partial charge in [-0.25, -0.2) is 9.18 Å². The summed E-state index contributed by atoms with van der Waals surface area (Å²) >= 11 is 0. The zero-order valence-electron chi connectivity index (χ0n) is 26.6. The lowest BCUT2D eigenvalue weighted by molar-refractivity contribution is -0.149. The van der Waals surface area contributed by atoms with Crippen molar-refractivity contribution >= 4 is 23.3 Å². The summed E-state index contributed by atoms with van der Waals surface area (Å²) in [5.41, 5.74) is 2.25. The maximum absolute atomic E-state index is 14.2. The number of amides is 1. The molecule has 0 spiro atoms. The molecule has 6 rings (SSSR count). The fourth-order valence-electron chi connectivity index (χ4n) is 8.80. The lowest BCUT2D eigenvalue weighted by atomic mass is 9.51. The van der Waals surface area contributed by atoms with Crippen LogP contribution < -0.4 is 5.32 Å². The average molecular weight is 655 g/mol. The summed E-state index contributed by atoms with van der Waals surface area (Å²) in [6, 6.07) is 10.8. The van der Waals surface area contributed by atoms with Crippen LogP contribution in [0.5, 0.6) is 0 Å². The van der Waals surface area contributed by atoms with Gasteiger partial charge in [0.1, 0.15) is 5.82 Å². The topological polar surface area (TPSA) is 86.2 Å². The molecular formula is C36H38F4N2O5. The van der Waals surface area contributed by atoms with E-state index in [0.29, 0.717) is 25.4 Å². The number of methoxy groups -OCH3 is 2. The summed E-state index contributed by atoms with van der Waals surface area (Å²) in [5.74, 6) is 0.0989. The van der Waals surface area contributed by atoms with Gasteiger partial charge in [0.05, 0.1) is 12.2 Å². The number of hydrogen-bond donors (Lipinski definition) is 1. The largest absolute Gasteiger partial charge is 0.437 e. The Morgan fingerprint density at radius 3 is 2.40 bits per heavy atom. The van der Waals surface area contributed by atoms with Crippen molar-refractivity contribution < 1.29 is 41.5 Å². The number of rotatable bonds is 7. The van der Waals surface area contributed by atoms with Crippen LogP contribution in [0.1, 0.15) is 68.9 Å². The molecule has 7 nitrogen and oxygen atoms in total. The van der Waals surface area contributed by atoms with Gasteiger partial charge in [0.25, 0.3) is 0 Å². The van der Waals surface area contributed by atoms with E-state index in [9.17, 15) is 27.2 Å². The molecule has 2 aromatic carbocycles. The zero-order chi connectivity index (χ0) is 33.6. The number of carbonyl (C=O) groups is 2. The first-order valence-electron chi connectivity index (χ1n) is 15.9. The molecule has 2 saturated carbocycles. The molecule has 4 aliphatic carbocycles. The molecule has 2 aromatic rings. The van der Waals surface area contributed by atoms with Crippen molar-refractivity contribution in [2.75, 3.05) is 26.1 Å². The first kappa shape index (κ1) is 33.1. The van der Waals surface area contributed by atoms with Crippen molar-refractivity contribution in [1.82, 2.24) is 0 Å². The Balaban J connectivity index is 1.35. The van der Waals surface area contributed by atoms with E-state index in [-0.39, 0.29) is 34.3 Å². The van der Waals surface area contributed by atoms with Crippen LogP contribution in [0.2, 0.25) is 0 Å². The molecule has 47 heavy (non-hydrogen) atoms. The van der Waals surface area contributed by atoms with Gasteiger partial charge in [0, 0.05) is 43.2 Å². The van der Waals surface area contributed by atoms with Crippen LogP contribution in [-0.2, 0) is 19.1 Å². The molecule has 0 heterocycles. The maximum atomic E-state index is 14.2. The fourth-order valence-corrected chi connectivity index (χ4v) is 8.80. The highest BCUT2D eigenvalue weighted by Crippen LogP contribution is 2.67. The number of hydrogen-bond acceptors (Lipinski definition) is 6. The van der Waals surface area contributed by atoms with Crippen LogP contribution in [0.25, 0.3) is 0 Å². The van der Waals surface area contributed by atoms with Crippen LogP contribution in [-0.4, -0.2) is 50.2 Å². The Morgan fingerprint density at radius 2 is 1.74 bits per heavy atom. The summed E-state index contributed by atoms with van der Waals surface area (Å²) in [4.78, 5) is 29.1. The second-order valence-corrected chi connectivity index (χ2v) is 13.2. The van der Waals surface area contributed by atoms with Crippen molar-refractivity contribution in [1.29, 1.82) is 0 Å². The number of ether oxygens (including phenoxy) is 2. The van der Waals surface area contributed by atoms with Gasteiger partial charge in [0.2, 0.25) is 0 Å². The van der Waals surface area contributed by atoms with E-state index in [0.717, 1.165) is 55.4 Å². The Kier molecular flexibility index (Phi) is 8.90. The van der Waals surface area contributed by atoms with E-state index in [4.69, 9.17) is 9.47 Å². The molecule has 1 amide bonds. The third-order valence-electron chi connectivity index (χ3n) is 11.0. The van der Waals surface area contributed by atoms with Crippen LogP contribution in [0.4, 0.5) is 28.0 Å². The van der Waals surface area contributed by atoms with Gasteiger partial charge < -0.3 is 9.47 Å². The van der Waals surface area contributed by atoms with Gasteiger partial charge in [-0.3, -0.25) is 14.9 Å². The fraction of sp³-hybridized carbons (Fsp3) is 0.472. The quantitative estimate of drug-likeness (QED) is 0.141. The standard InChI is InChI=1S/C36H38F4N2O5/c1-34-19-29(31-27-15-13-26(43)18-23(27)8-14-28(31)30(34)16-17-35(34,46-3)20-45-2)21-4-6-22(7-5-21)32(36(38,39)40)42-47-33(44)41-25-11-9-24(37)10-12-25/h4-7,9-12,18,28-30H,8,13-17,19-20H2,1-3H3,(H,41,44)/b42-32+/t28-,29+,30-,34-,35+/m0/s1. The summed E-state index contributed by atoms with van der Waals surface area (Å²) in [7, 11) is 3.41. The number of fused-ring (bicyclic) bond motifs is 4. The Bertz CT molecular complexity index is 1630. The second kappa shape index (κ2) is 12.6. The predicted octanol–water partition coefficient (Wildman–Crippen LogP) is 8.27. The highest BCUT2D eigenvalue weighted by Gasteiger charge is 2.63. The van der Waals surface area contributed by atoms with Gasteiger partial charge in [-0.2, -0.15) is 13.2 Å². The van der Waals surface area contributed by atoms with E-state index >= 15 is 0 Å². The lowest BCUT2D eigenvalue weighted by Crippen LogP contribution is -2.54. The number of nitrogens with zero attached hydrogens (tertiary/aromatic N) is 1. The van der Waals surface area contributed by atoms with Crippen LogP contribution in [0, 0.1) is 23.1 Å². The number of oxime groups is 1. The molecule has 0 saturated heterocycles. The highest BCUT2D eigenvalue weighted by molar-refractivity contribution is 6.04. The molecule has 11 heteroatoms. The molecule has 250 valence electrons. The van der Waals surface area contributed by atoms with E-state index in [2.05, 4.69) is 22.2 Å². The summed E-state index contributed by atoms with van der Waals surface area (Å²) in [5, 5.41) is 5.40. The van der Waals surface area contributed by atoms with Crippen molar-refractivity contribution in [2.24, 2.45) is 22.4 Å². The molecule has 5 atom stereocenters. The van der Waals surface area contributed by atoms with E-state index < -0.39 is 29.4 Å². The van der Waals surface area contributed by atoms with E-state index in [1.54, 1.807) is 32.4 Å². The summed E-state index contributed by atoms with van der Waals surface area (Å²) in [6.07, 6.45) is 1.03. The minimum atomic E-state index is -4.92. The second-order valence-electron chi connectivity index (χ2n) is 13.2. The van der Waals surface area contributed by atoms with Crippen molar-refractivity contribution in [2.45, 2.75) is 69.6 Å². The number of ketones is 1. The molecular weight excluding hydrogens is 616 g/mol. The number of anilines is 1. The molecule has 4 aliphatic rings. The molecule has 0 aromatic heterocycles. The number of alkyl halides is 3. The van der Waals surface area contributed by atoms with Crippen molar-refractivity contribution in [3.63, 3.8) is 0 Å². The SMILES string of the molecule is COC[C@]1(OC)CC[C@H]2[C@@H]3CCC4=CC(=O)CCC4=C3[C@@H](c3ccc(/C(=N\OC(=O)Nc4ccc(F)cc4)C(F)(F)F)cc3)C[C@@]21C. The van der Waals surface area contributed by atoms with Crippen LogP contribution >= 0.6 is 0 Å². The minimum Gasteiger partial charge on any atom is -0.382 e. The van der Waals surface area contributed by atoms with Crippen molar-refractivity contribution in [3.05, 3.63) is 88.3 Å². The van der Waals surface area contributed by atoms with Gasteiger partial charge >= 0.3 is 12.3 Å². The monoisotopic (exact) mass is 654 g/mol. The minimum absolute atomic E-state index is 0.101. The number of halogens is 4. The lowest BCUT2D eigenvalue weighted by Gasteiger charge is -2.55. The Hall–Kier alpha value is -3.83. The first-order chi connectivity index (χ1) is 22.4. The third kappa shape index (κ3) is 6.04. The smallest absolute Gasteiger partial charge is 0.382 e. The van der Waals surface area contributed by atoms with Gasteiger partial charge in [0.15, 0.2) is 11.5 Å². The molecule has 0 bridgehead atoms. The average Bonchev–Trinajstić information content (AvgIpc) is 3.33.